The molecule has 3 aromatic rings. The molecule has 9 heteroatoms. The summed E-state index contributed by atoms with van der Waals surface area (Å²) in [5.74, 6) is -5.93. The van der Waals surface area contributed by atoms with E-state index in [1.54, 1.807) is 6.07 Å². The number of rotatable bonds is 4. The van der Waals surface area contributed by atoms with Crippen molar-refractivity contribution in [2.24, 2.45) is 0 Å². The molecule has 0 unspecified atom stereocenters. The Bertz CT molecular complexity index is 981. The number of amides is 1. The molecule has 132 valence electrons. The molecule has 0 saturated carbocycles. The van der Waals surface area contributed by atoms with E-state index in [1.807, 2.05) is 0 Å². The van der Waals surface area contributed by atoms with E-state index in [0.717, 1.165) is 6.07 Å². The quantitative estimate of drug-likeness (QED) is 0.543. The van der Waals surface area contributed by atoms with Gasteiger partial charge in [-0.25, -0.2) is 27.5 Å². The molecule has 2 N–H and O–H groups in total. The molecule has 0 spiro atoms. The second-order valence-electron chi connectivity index (χ2n) is 5.08. The van der Waals surface area contributed by atoms with Gasteiger partial charge in [0.15, 0.2) is 17.5 Å². The number of aromatic nitrogens is 2. The smallest absolute Gasteiger partial charge is 0.274 e. The van der Waals surface area contributed by atoms with Gasteiger partial charge in [-0.1, -0.05) is 6.07 Å². The van der Waals surface area contributed by atoms with Gasteiger partial charge in [0, 0.05) is 11.9 Å². The molecule has 0 aliphatic carbocycles. The first kappa shape index (κ1) is 17.3. The molecule has 1 heterocycles. The summed E-state index contributed by atoms with van der Waals surface area (Å²) in [7, 11) is 0. The summed E-state index contributed by atoms with van der Waals surface area (Å²) in [6, 6.07) is 8.31. The molecule has 0 atom stereocenters. The molecular formula is C17H10F4N4O. The monoisotopic (exact) mass is 362 g/mol. The number of nitrogens with one attached hydrogen (secondary N) is 2. The maximum absolute atomic E-state index is 13.6. The van der Waals surface area contributed by atoms with Crippen LogP contribution in [-0.4, -0.2) is 15.9 Å². The normalized spacial score (nSPS) is 10.5. The molecule has 0 aliphatic rings. The minimum atomic E-state index is -1.70. The van der Waals surface area contributed by atoms with Crippen LogP contribution in [0, 0.1) is 23.3 Å². The molecular weight excluding hydrogens is 352 g/mol. The molecule has 5 nitrogen and oxygen atoms in total. The number of halogens is 4. The highest BCUT2D eigenvalue weighted by molar-refractivity contribution is 6.03. The Morgan fingerprint density at radius 3 is 2.54 bits per heavy atom. The molecule has 1 amide bonds. The van der Waals surface area contributed by atoms with Crippen LogP contribution < -0.4 is 10.6 Å². The Balaban J connectivity index is 1.79. The zero-order chi connectivity index (χ0) is 18.7. The topological polar surface area (TPSA) is 66.9 Å². The van der Waals surface area contributed by atoms with E-state index in [-0.39, 0.29) is 11.6 Å². The maximum atomic E-state index is 13.6. The second kappa shape index (κ2) is 7.18. The summed E-state index contributed by atoms with van der Waals surface area (Å²) < 4.78 is 53.0. The molecule has 1 aromatic heterocycles. The molecule has 26 heavy (non-hydrogen) atoms. The molecule has 0 fully saturated rings. The van der Waals surface area contributed by atoms with Gasteiger partial charge in [0.05, 0.1) is 5.69 Å². The first-order chi connectivity index (χ1) is 12.4. The Morgan fingerprint density at radius 1 is 0.962 bits per heavy atom. The average molecular weight is 362 g/mol. The van der Waals surface area contributed by atoms with Crippen LogP contribution in [-0.2, 0) is 0 Å². The van der Waals surface area contributed by atoms with Crippen molar-refractivity contribution in [2.75, 3.05) is 10.6 Å². The summed E-state index contributed by atoms with van der Waals surface area (Å²) in [5.41, 5.74) is -0.343. The van der Waals surface area contributed by atoms with E-state index in [1.165, 1.54) is 30.5 Å². The van der Waals surface area contributed by atoms with Gasteiger partial charge in [-0.3, -0.25) is 4.79 Å². The van der Waals surface area contributed by atoms with Crippen molar-refractivity contribution in [2.45, 2.75) is 0 Å². The molecule has 0 radical (unpaired) electrons. The Kier molecular flexibility index (Phi) is 4.78. The summed E-state index contributed by atoms with van der Waals surface area (Å²) >= 11 is 0. The zero-order valence-electron chi connectivity index (χ0n) is 12.9. The molecule has 0 aliphatic heterocycles. The minimum absolute atomic E-state index is 0.00555. The lowest BCUT2D eigenvalue weighted by atomic mass is 10.2. The van der Waals surface area contributed by atoms with Crippen LogP contribution in [0.5, 0.6) is 0 Å². The van der Waals surface area contributed by atoms with Gasteiger partial charge in [0.2, 0.25) is 5.95 Å². The van der Waals surface area contributed by atoms with Gasteiger partial charge in [0.25, 0.3) is 5.91 Å². The molecule has 0 saturated heterocycles. The predicted octanol–water partition coefficient (Wildman–Crippen LogP) is 4.03. The average Bonchev–Trinajstić information content (AvgIpc) is 2.62. The zero-order valence-corrected chi connectivity index (χ0v) is 12.9. The third-order valence-corrected chi connectivity index (χ3v) is 3.25. The van der Waals surface area contributed by atoms with Crippen LogP contribution in [0.1, 0.15) is 10.5 Å². The van der Waals surface area contributed by atoms with E-state index >= 15 is 0 Å². The van der Waals surface area contributed by atoms with E-state index in [0.29, 0.717) is 11.8 Å². The van der Waals surface area contributed by atoms with Gasteiger partial charge in [-0.05, 0) is 36.4 Å². The predicted molar refractivity (Wildman–Crippen MR) is 86.0 cm³/mol. The fourth-order valence-corrected chi connectivity index (χ4v) is 2.05. The summed E-state index contributed by atoms with van der Waals surface area (Å²) in [5, 5.41) is 4.80. The van der Waals surface area contributed by atoms with Crippen molar-refractivity contribution >= 4 is 23.2 Å². The Morgan fingerprint density at radius 2 is 1.77 bits per heavy atom. The van der Waals surface area contributed by atoms with Crippen LogP contribution in [0.25, 0.3) is 0 Å². The van der Waals surface area contributed by atoms with Crippen LogP contribution in [0.15, 0.2) is 48.7 Å². The lowest BCUT2D eigenvalue weighted by molar-refractivity contribution is 0.102. The minimum Gasteiger partial charge on any atom is -0.324 e. The third-order valence-electron chi connectivity index (χ3n) is 3.25. The number of carbonyl (C=O) groups excluding carboxylic acids is 1. The van der Waals surface area contributed by atoms with E-state index in [9.17, 15) is 22.4 Å². The van der Waals surface area contributed by atoms with E-state index < -0.39 is 34.9 Å². The first-order valence-electron chi connectivity index (χ1n) is 7.24. The van der Waals surface area contributed by atoms with Crippen molar-refractivity contribution in [3.8, 4) is 0 Å². The highest BCUT2D eigenvalue weighted by Gasteiger charge is 2.17. The lowest BCUT2D eigenvalue weighted by Gasteiger charge is -2.08. The molecule has 0 bridgehead atoms. The van der Waals surface area contributed by atoms with Crippen LogP contribution in [0.3, 0.4) is 0 Å². The van der Waals surface area contributed by atoms with Crippen LogP contribution in [0.4, 0.5) is 34.9 Å². The number of nitrogens with zero attached hydrogens (tertiary/aromatic N) is 2. The van der Waals surface area contributed by atoms with E-state index in [4.69, 9.17) is 0 Å². The van der Waals surface area contributed by atoms with Crippen molar-refractivity contribution in [1.29, 1.82) is 0 Å². The highest BCUT2D eigenvalue weighted by Crippen LogP contribution is 2.20. The second-order valence-corrected chi connectivity index (χ2v) is 5.08. The Labute approximate surface area is 144 Å². The number of carbonyl (C=O) groups is 1. The van der Waals surface area contributed by atoms with Crippen molar-refractivity contribution in [3.05, 3.63) is 77.6 Å². The standard InChI is InChI=1S/C17H10F4N4O/c18-9-2-1-3-10(8-9)23-17-22-7-6-13(25-17)16(26)24-12-5-4-11(19)14(20)15(12)21/h1-8H,(H,24,26)(H,22,23,25). The van der Waals surface area contributed by atoms with Gasteiger partial charge < -0.3 is 10.6 Å². The summed E-state index contributed by atoms with van der Waals surface area (Å²) in [6.45, 7) is 0. The maximum Gasteiger partial charge on any atom is 0.274 e. The summed E-state index contributed by atoms with van der Waals surface area (Å²) in [4.78, 5) is 20.0. The third kappa shape index (κ3) is 3.77. The van der Waals surface area contributed by atoms with Crippen LogP contribution >= 0.6 is 0 Å². The fourth-order valence-electron chi connectivity index (χ4n) is 2.05. The highest BCUT2D eigenvalue weighted by atomic mass is 19.2. The largest absolute Gasteiger partial charge is 0.324 e. The summed E-state index contributed by atoms with van der Waals surface area (Å²) in [6.07, 6.45) is 1.26. The number of hydrogen-bond acceptors (Lipinski definition) is 4. The van der Waals surface area contributed by atoms with Crippen molar-refractivity contribution in [1.82, 2.24) is 9.97 Å². The molecule has 2 aromatic carbocycles. The SMILES string of the molecule is O=C(Nc1ccc(F)c(F)c1F)c1ccnc(Nc2cccc(F)c2)n1. The molecule has 3 rings (SSSR count). The number of hydrogen-bond donors (Lipinski definition) is 2. The van der Waals surface area contributed by atoms with Crippen molar-refractivity contribution in [3.63, 3.8) is 0 Å². The van der Waals surface area contributed by atoms with Gasteiger partial charge >= 0.3 is 0 Å². The lowest BCUT2D eigenvalue weighted by Crippen LogP contribution is -2.16. The fraction of sp³-hybridized carbons (Fsp3) is 0. The van der Waals surface area contributed by atoms with Gasteiger partial charge in [-0.2, -0.15) is 0 Å². The first-order valence-corrected chi connectivity index (χ1v) is 7.24. The van der Waals surface area contributed by atoms with Crippen molar-refractivity contribution < 1.29 is 22.4 Å². The Hall–Kier alpha value is -3.49. The number of anilines is 3. The number of benzene rings is 2. The van der Waals surface area contributed by atoms with E-state index in [2.05, 4.69) is 20.6 Å². The van der Waals surface area contributed by atoms with Gasteiger partial charge in [0.1, 0.15) is 11.5 Å². The van der Waals surface area contributed by atoms with Gasteiger partial charge in [-0.15, -0.1) is 0 Å². The van der Waals surface area contributed by atoms with Crippen LogP contribution in [0.2, 0.25) is 0 Å².